The molecular formula is C17H30N2. The zero-order valence-electron chi connectivity index (χ0n) is 13.4. The van der Waals surface area contributed by atoms with Gasteiger partial charge in [-0.05, 0) is 24.8 Å². The molecule has 0 radical (unpaired) electrons. The fraction of sp³-hybridized carbons (Fsp3) is 0.647. The van der Waals surface area contributed by atoms with Crippen LogP contribution in [0.25, 0.3) is 0 Å². The van der Waals surface area contributed by atoms with Gasteiger partial charge >= 0.3 is 0 Å². The Hall–Kier alpha value is -1.18. The molecular weight excluding hydrogens is 232 g/mol. The molecule has 0 N–H and O–H groups in total. The topological polar surface area (TPSA) is 25.8 Å². The highest BCUT2D eigenvalue weighted by atomic mass is 14.9. The van der Waals surface area contributed by atoms with Gasteiger partial charge in [-0.3, -0.25) is 0 Å². The Kier molecular flexibility index (Phi) is 11.1. The lowest BCUT2D eigenvalue weighted by atomic mass is 10.0. The maximum atomic E-state index is 4.43. The van der Waals surface area contributed by atoms with Gasteiger partial charge in [0.2, 0.25) is 0 Å². The number of rotatable bonds is 7. The van der Waals surface area contributed by atoms with Crippen LogP contribution in [0.2, 0.25) is 0 Å². The first-order valence-electron chi connectivity index (χ1n) is 7.77. The Morgan fingerprint density at radius 3 is 2.16 bits per heavy atom. The number of allylic oxidation sites excluding steroid dienone is 2. The summed E-state index contributed by atoms with van der Waals surface area (Å²) >= 11 is 0. The highest BCUT2D eigenvalue weighted by Gasteiger charge is 2.02. The number of nitrogens with zero attached hydrogens (tertiary/aromatic N) is 2. The molecule has 0 aliphatic carbocycles. The second-order valence-electron chi connectivity index (χ2n) is 4.44. The molecule has 0 aromatic carbocycles. The van der Waals surface area contributed by atoms with Crippen molar-refractivity contribution in [1.29, 1.82) is 0 Å². The maximum absolute atomic E-state index is 4.43. The van der Waals surface area contributed by atoms with Crippen LogP contribution in [0.1, 0.15) is 71.7 Å². The molecule has 1 aromatic heterocycles. The van der Waals surface area contributed by atoms with E-state index in [4.69, 9.17) is 0 Å². The summed E-state index contributed by atoms with van der Waals surface area (Å²) in [5, 5.41) is 0. The number of hydrogen-bond acceptors (Lipinski definition) is 2. The van der Waals surface area contributed by atoms with E-state index in [1.807, 2.05) is 26.2 Å². The van der Waals surface area contributed by atoms with Gasteiger partial charge in [-0.1, -0.05) is 59.1 Å². The molecule has 0 aliphatic heterocycles. The average molecular weight is 262 g/mol. The SMILES string of the molecule is CC.CCC/C=C(\CCC)Cc1ncc(CC)cn1. The second kappa shape index (κ2) is 11.9. The summed E-state index contributed by atoms with van der Waals surface area (Å²) in [5.41, 5.74) is 2.70. The van der Waals surface area contributed by atoms with Gasteiger partial charge < -0.3 is 0 Å². The predicted octanol–water partition coefficient (Wildman–Crippen LogP) is 5.13. The molecule has 19 heavy (non-hydrogen) atoms. The summed E-state index contributed by atoms with van der Waals surface area (Å²) in [6.45, 7) is 10.6. The number of aromatic nitrogens is 2. The first kappa shape index (κ1) is 17.8. The molecule has 0 atom stereocenters. The minimum atomic E-state index is 0.915. The largest absolute Gasteiger partial charge is 0.241 e. The molecule has 0 fully saturated rings. The van der Waals surface area contributed by atoms with E-state index < -0.39 is 0 Å². The second-order valence-corrected chi connectivity index (χ2v) is 4.44. The molecule has 0 saturated heterocycles. The molecule has 108 valence electrons. The highest BCUT2D eigenvalue weighted by molar-refractivity contribution is 5.12. The van der Waals surface area contributed by atoms with Gasteiger partial charge in [-0.15, -0.1) is 0 Å². The predicted molar refractivity (Wildman–Crippen MR) is 84.4 cm³/mol. The van der Waals surface area contributed by atoms with Crippen LogP contribution in [-0.4, -0.2) is 9.97 Å². The molecule has 2 heteroatoms. The van der Waals surface area contributed by atoms with Crippen LogP contribution in [-0.2, 0) is 12.8 Å². The van der Waals surface area contributed by atoms with Gasteiger partial charge in [-0.2, -0.15) is 0 Å². The van der Waals surface area contributed by atoms with Crippen LogP contribution < -0.4 is 0 Å². The van der Waals surface area contributed by atoms with Gasteiger partial charge in [0.15, 0.2) is 0 Å². The average Bonchev–Trinajstić information content (AvgIpc) is 2.48. The third-order valence-electron chi connectivity index (χ3n) is 2.85. The van der Waals surface area contributed by atoms with E-state index in [0.717, 1.165) is 18.7 Å². The lowest BCUT2D eigenvalue weighted by Crippen LogP contribution is -1.99. The summed E-state index contributed by atoms with van der Waals surface area (Å²) < 4.78 is 0. The molecule has 1 rings (SSSR count). The Morgan fingerprint density at radius 2 is 1.68 bits per heavy atom. The quantitative estimate of drug-likeness (QED) is 0.636. The van der Waals surface area contributed by atoms with Crippen molar-refractivity contribution in [2.24, 2.45) is 0 Å². The normalized spacial score (nSPS) is 10.9. The Balaban J connectivity index is 0.00000154. The Bertz CT molecular complexity index is 339. The highest BCUT2D eigenvalue weighted by Crippen LogP contribution is 2.12. The summed E-state index contributed by atoms with van der Waals surface area (Å²) in [7, 11) is 0. The van der Waals surface area contributed by atoms with Gasteiger partial charge in [-0.25, -0.2) is 9.97 Å². The molecule has 0 aliphatic rings. The van der Waals surface area contributed by atoms with E-state index in [0.29, 0.717) is 0 Å². The Morgan fingerprint density at radius 1 is 1.05 bits per heavy atom. The van der Waals surface area contributed by atoms with Crippen LogP contribution in [0.15, 0.2) is 24.0 Å². The molecule has 0 bridgehead atoms. The maximum Gasteiger partial charge on any atom is 0.132 e. The van der Waals surface area contributed by atoms with Crippen molar-refractivity contribution in [1.82, 2.24) is 9.97 Å². The van der Waals surface area contributed by atoms with E-state index >= 15 is 0 Å². The van der Waals surface area contributed by atoms with Crippen molar-refractivity contribution in [3.63, 3.8) is 0 Å². The third kappa shape index (κ3) is 7.76. The van der Waals surface area contributed by atoms with E-state index in [9.17, 15) is 0 Å². The van der Waals surface area contributed by atoms with Gasteiger partial charge in [0, 0.05) is 18.8 Å². The molecule has 0 amide bonds. The van der Waals surface area contributed by atoms with Crippen LogP contribution in [0, 0.1) is 0 Å². The van der Waals surface area contributed by atoms with E-state index in [-0.39, 0.29) is 0 Å². The Labute approximate surface area is 119 Å². The molecule has 2 nitrogen and oxygen atoms in total. The fourth-order valence-electron chi connectivity index (χ4n) is 1.79. The van der Waals surface area contributed by atoms with Crippen molar-refractivity contribution >= 4 is 0 Å². The molecule has 0 unspecified atom stereocenters. The zero-order chi connectivity index (χ0) is 14.5. The van der Waals surface area contributed by atoms with Crippen molar-refractivity contribution in [2.45, 2.75) is 73.1 Å². The summed E-state index contributed by atoms with van der Waals surface area (Å²) in [6.07, 6.45) is 12.9. The van der Waals surface area contributed by atoms with E-state index in [1.165, 1.54) is 36.8 Å². The van der Waals surface area contributed by atoms with Gasteiger partial charge in [0.1, 0.15) is 5.82 Å². The van der Waals surface area contributed by atoms with Crippen molar-refractivity contribution in [3.8, 4) is 0 Å². The van der Waals surface area contributed by atoms with Crippen molar-refractivity contribution in [2.75, 3.05) is 0 Å². The van der Waals surface area contributed by atoms with Crippen LogP contribution in [0.4, 0.5) is 0 Å². The van der Waals surface area contributed by atoms with Gasteiger partial charge in [0.25, 0.3) is 0 Å². The van der Waals surface area contributed by atoms with Crippen molar-refractivity contribution < 1.29 is 0 Å². The fourth-order valence-corrected chi connectivity index (χ4v) is 1.79. The number of hydrogen-bond donors (Lipinski definition) is 0. The number of aryl methyl sites for hydroxylation is 1. The third-order valence-corrected chi connectivity index (χ3v) is 2.85. The summed E-state index contributed by atoms with van der Waals surface area (Å²) in [4.78, 5) is 8.86. The first-order valence-corrected chi connectivity index (χ1v) is 7.77. The first-order chi connectivity index (χ1) is 9.30. The minimum Gasteiger partial charge on any atom is -0.241 e. The molecule has 1 heterocycles. The summed E-state index contributed by atoms with van der Waals surface area (Å²) in [5.74, 6) is 0.956. The van der Waals surface area contributed by atoms with Crippen molar-refractivity contribution in [3.05, 3.63) is 35.4 Å². The monoisotopic (exact) mass is 262 g/mol. The lowest BCUT2D eigenvalue weighted by molar-refractivity contribution is 0.816. The smallest absolute Gasteiger partial charge is 0.132 e. The van der Waals surface area contributed by atoms with E-state index in [1.54, 1.807) is 0 Å². The number of unbranched alkanes of at least 4 members (excludes halogenated alkanes) is 1. The lowest BCUT2D eigenvalue weighted by Gasteiger charge is -2.06. The molecule has 1 aromatic rings. The van der Waals surface area contributed by atoms with Crippen LogP contribution in [0.5, 0.6) is 0 Å². The zero-order valence-corrected chi connectivity index (χ0v) is 13.4. The van der Waals surface area contributed by atoms with E-state index in [2.05, 4.69) is 36.8 Å². The van der Waals surface area contributed by atoms with Crippen LogP contribution in [0.3, 0.4) is 0 Å². The van der Waals surface area contributed by atoms with Crippen LogP contribution >= 0.6 is 0 Å². The van der Waals surface area contributed by atoms with Gasteiger partial charge in [0.05, 0.1) is 0 Å². The minimum absolute atomic E-state index is 0.915. The standard InChI is InChI=1S/C15H24N2.C2H6/c1-4-7-9-14(8-5-2)10-15-16-11-13(6-3)12-17-15;1-2/h9,11-12H,4-8,10H2,1-3H3;1-2H3/b14-9+;. The summed E-state index contributed by atoms with van der Waals surface area (Å²) in [6, 6.07) is 0. The molecule has 0 spiro atoms. The molecule has 0 saturated carbocycles.